The molecule has 0 heterocycles. The van der Waals surface area contributed by atoms with Crippen LogP contribution in [0, 0.1) is 6.92 Å². The van der Waals surface area contributed by atoms with Crippen LogP contribution in [-0.2, 0) is 10.0 Å². The number of hydrogen-bond donors (Lipinski definition) is 2. The Morgan fingerprint density at radius 1 is 1.19 bits per heavy atom. The van der Waals surface area contributed by atoms with Crippen molar-refractivity contribution in [2.24, 2.45) is 0 Å². The highest BCUT2D eigenvalue weighted by atomic mass is 79.9. The largest absolute Gasteiger partial charge is 0.398 e. The average Bonchev–Trinajstić information content (AvgIpc) is 2.31. The molecule has 0 atom stereocenters. The molecule has 0 amide bonds. The molecule has 0 fully saturated rings. The van der Waals surface area contributed by atoms with Gasteiger partial charge in [-0.2, -0.15) is 0 Å². The van der Waals surface area contributed by atoms with Crippen molar-refractivity contribution in [2.75, 3.05) is 10.5 Å². The minimum absolute atomic E-state index is 0.00681. The van der Waals surface area contributed by atoms with E-state index in [0.717, 1.165) is 10.0 Å². The van der Waals surface area contributed by atoms with Crippen LogP contribution in [0.2, 0.25) is 10.0 Å². The summed E-state index contributed by atoms with van der Waals surface area (Å²) in [5.41, 5.74) is 6.93. The molecule has 8 heteroatoms. The van der Waals surface area contributed by atoms with Crippen molar-refractivity contribution < 1.29 is 8.42 Å². The Balaban J connectivity index is 2.51. The summed E-state index contributed by atoms with van der Waals surface area (Å²) in [6, 6.07) is 7.94. The zero-order valence-corrected chi connectivity index (χ0v) is 14.7. The molecule has 0 aliphatic rings. The Morgan fingerprint density at radius 3 is 2.48 bits per heavy atom. The third-order valence-electron chi connectivity index (χ3n) is 2.75. The van der Waals surface area contributed by atoms with Gasteiger partial charge in [0.1, 0.15) is 4.90 Å². The van der Waals surface area contributed by atoms with E-state index in [1.807, 2.05) is 6.07 Å². The summed E-state index contributed by atoms with van der Waals surface area (Å²) in [5, 5.41) is 0.246. The zero-order chi connectivity index (χ0) is 15.8. The van der Waals surface area contributed by atoms with Crippen LogP contribution in [0.25, 0.3) is 0 Å². The lowest BCUT2D eigenvalue weighted by Crippen LogP contribution is -2.16. The molecule has 21 heavy (non-hydrogen) atoms. The maximum Gasteiger partial charge on any atom is 0.265 e. The summed E-state index contributed by atoms with van der Waals surface area (Å²) in [6.45, 7) is 1.79. The third-order valence-corrected chi connectivity index (χ3v) is 5.35. The molecule has 0 saturated heterocycles. The number of nitrogens with one attached hydrogen (secondary N) is 1. The van der Waals surface area contributed by atoms with Crippen LogP contribution >= 0.6 is 39.1 Å². The Labute approximate surface area is 141 Å². The number of halogens is 3. The van der Waals surface area contributed by atoms with Crippen molar-refractivity contribution in [3.8, 4) is 0 Å². The maximum atomic E-state index is 12.5. The van der Waals surface area contributed by atoms with E-state index < -0.39 is 10.0 Å². The fraction of sp³-hybridized carbons (Fsp3) is 0.0769. The van der Waals surface area contributed by atoms with Crippen molar-refractivity contribution in [2.45, 2.75) is 11.8 Å². The summed E-state index contributed by atoms with van der Waals surface area (Å²) in [5.74, 6) is 0. The smallest absolute Gasteiger partial charge is 0.265 e. The van der Waals surface area contributed by atoms with E-state index in [0.29, 0.717) is 5.69 Å². The Kier molecular flexibility index (Phi) is 4.72. The van der Waals surface area contributed by atoms with Gasteiger partial charge in [-0.1, -0.05) is 45.2 Å². The molecule has 112 valence electrons. The fourth-order valence-corrected chi connectivity index (χ4v) is 4.24. The van der Waals surface area contributed by atoms with Crippen LogP contribution in [-0.4, -0.2) is 8.42 Å². The topological polar surface area (TPSA) is 72.2 Å². The van der Waals surface area contributed by atoms with Crippen molar-refractivity contribution in [3.63, 3.8) is 0 Å². The fourth-order valence-electron chi connectivity index (χ4n) is 1.76. The number of sulfonamides is 1. The lowest BCUT2D eigenvalue weighted by Gasteiger charge is -2.14. The SMILES string of the molecule is Cc1ccc(Br)cc1NS(=O)(=O)c1c(N)cc(Cl)cc1Cl. The quantitative estimate of drug-likeness (QED) is 0.735. The van der Waals surface area contributed by atoms with Gasteiger partial charge in [-0.3, -0.25) is 4.72 Å². The molecule has 0 aliphatic heterocycles. The van der Waals surface area contributed by atoms with Crippen LogP contribution in [0.3, 0.4) is 0 Å². The van der Waals surface area contributed by atoms with E-state index in [1.165, 1.54) is 12.1 Å². The second-order valence-corrected chi connectivity index (χ2v) is 7.75. The Hall–Kier alpha value is -0.950. The number of aryl methyl sites for hydroxylation is 1. The normalized spacial score (nSPS) is 11.4. The lowest BCUT2D eigenvalue weighted by molar-refractivity contribution is 0.601. The van der Waals surface area contributed by atoms with E-state index in [1.54, 1.807) is 19.1 Å². The van der Waals surface area contributed by atoms with E-state index in [2.05, 4.69) is 20.7 Å². The van der Waals surface area contributed by atoms with Crippen molar-refractivity contribution in [1.29, 1.82) is 0 Å². The molecule has 0 aliphatic carbocycles. The highest BCUT2D eigenvalue weighted by Gasteiger charge is 2.22. The van der Waals surface area contributed by atoms with Crippen molar-refractivity contribution in [1.82, 2.24) is 0 Å². The average molecular weight is 410 g/mol. The first kappa shape index (κ1) is 16.4. The van der Waals surface area contributed by atoms with Crippen LogP contribution in [0.1, 0.15) is 5.56 Å². The molecule has 0 saturated carbocycles. The molecule has 4 nitrogen and oxygen atoms in total. The predicted molar refractivity (Wildman–Crippen MR) is 90.6 cm³/mol. The second kappa shape index (κ2) is 6.04. The molecule has 2 aromatic rings. The minimum Gasteiger partial charge on any atom is -0.398 e. The molecule has 0 aromatic heterocycles. The molecule has 3 N–H and O–H groups in total. The van der Waals surface area contributed by atoms with E-state index in [9.17, 15) is 8.42 Å². The number of nitrogen functional groups attached to an aromatic ring is 1. The molecule has 0 unspecified atom stereocenters. The molecule has 0 radical (unpaired) electrons. The van der Waals surface area contributed by atoms with Crippen LogP contribution < -0.4 is 10.5 Å². The summed E-state index contributed by atoms with van der Waals surface area (Å²) < 4.78 is 28.2. The van der Waals surface area contributed by atoms with Gasteiger partial charge in [0.2, 0.25) is 0 Å². The standard InChI is InChI=1S/C13H11BrCl2N2O2S/c1-7-2-3-8(14)4-12(7)18-21(19,20)13-10(16)5-9(15)6-11(13)17/h2-6,18H,17H2,1H3. The van der Waals surface area contributed by atoms with Gasteiger partial charge >= 0.3 is 0 Å². The monoisotopic (exact) mass is 408 g/mol. The predicted octanol–water partition coefficient (Wildman–Crippen LogP) is 4.45. The minimum atomic E-state index is -3.92. The maximum absolute atomic E-state index is 12.5. The van der Waals surface area contributed by atoms with Gasteiger partial charge in [-0.25, -0.2) is 8.42 Å². The summed E-state index contributed by atoms with van der Waals surface area (Å²) in [7, 11) is -3.92. The molecular formula is C13H11BrCl2N2O2S. The van der Waals surface area contributed by atoms with Gasteiger partial charge in [0.15, 0.2) is 0 Å². The van der Waals surface area contributed by atoms with E-state index >= 15 is 0 Å². The van der Waals surface area contributed by atoms with Crippen LogP contribution in [0.4, 0.5) is 11.4 Å². The van der Waals surface area contributed by atoms with E-state index in [-0.39, 0.29) is 20.6 Å². The van der Waals surface area contributed by atoms with Gasteiger partial charge in [0.05, 0.1) is 16.4 Å². The number of rotatable bonds is 3. The molecule has 0 bridgehead atoms. The summed E-state index contributed by atoms with van der Waals surface area (Å²) >= 11 is 15.1. The Bertz CT molecular complexity index is 787. The highest BCUT2D eigenvalue weighted by molar-refractivity contribution is 9.10. The van der Waals surface area contributed by atoms with Crippen molar-refractivity contribution >= 4 is 60.5 Å². The molecule has 2 rings (SSSR count). The first-order valence-electron chi connectivity index (χ1n) is 5.74. The van der Waals surface area contributed by atoms with Gasteiger partial charge in [0, 0.05) is 9.50 Å². The summed E-state index contributed by atoms with van der Waals surface area (Å²) in [4.78, 5) is -0.187. The summed E-state index contributed by atoms with van der Waals surface area (Å²) in [6.07, 6.45) is 0. The third kappa shape index (κ3) is 3.63. The molecule has 0 spiro atoms. The van der Waals surface area contributed by atoms with Gasteiger partial charge in [-0.15, -0.1) is 0 Å². The highest BCUT2D eigenvalue weighted by Crippen LogP contribution is 2.33. The van der Waals surface area contributed by atoms with Crippen LogP contribution in [0.5, 0.6) is 0 Å². The number of anilines is 2. The number of hydrogen-bond acceptors (Lipinski definition) is 3. The first-order valence-corrected chi connectivity index (χ1v) is 8.77. The second-order valence-electron chi connectivity index (χ2n) is 4.37. The lowest BCUT2D eigenvalue weighted by atomic mass is 10.2. The molecule has 2 aromatic carbocycles. The molecular weight excluding hydrogens is 399 g/mol. The zero-order valence-electron chi connectivity index (χ0n) is 10.8. The van der Waals surface area contributed by atoms with Gasteiger partial charge in [0.25, 0.3) is 10.0 Å². The Morgan fingerprint density at radius 2 is 1.86 bits per heavy atom. The van der Waals surface area contributed by atoms with E-state index in [4.69, 9.17) is 28.9 Å². The first-order chi connectivity index (χ1) is 9.70. The van der Waals surface area contributed by atoms with Crippen molar-refractivity contribution in [3.05, 3.63) is 50.4 Å². The number of benzene rings is 2. The number of nitrogens with two attached hydrogens (primary N) is 1. The van der Waals surface area contributed by atoms with Gasteiger partial charge < -0.3 is 5.73 Å². The van der Waals surface area contributed by atoms with Gasteiger partial charge in [-0.05, 0) is 36.8 Å². The van der Waals surface area contributed by atoms with Crippen LogP contribution in [0.15, 0.2) is 39.7 Å².